The number of pyridine rings is 1. The number of anilines is 1. The average molecular weight is 330 g/mol. The second-order valence-electron chi connectivity index (χ2n) is 7.13. The zero-order valence-electron chi connectivity index (χ0n) is 14.8. The first-order chi connectivity index (χ1) is 11.8. The van der Waals surface area contributed by atoms with Gasteiger partial charge in [-0.15, -0.1) is 0 Å². The van der Waals surface area contributed by atoms with Gasteiger partial charge in [0.2, 0.25) is 5.91 Å². The minimum Gasteiger partial charge on any atom is -0.357 e. The number of carbonyl (C=O) groups excluding carboxylic acids is 1. The highest BCUT2D eigenvalue weighted by atomic mass is 16.2. The van der Waals surface area contributed by atoms with Crippen LogP contribution in [0.4, 0.5) is 5.82 Å². The summed E-state index contributed by atoms with van der Waals surface area (Å²) >= 11 is 0. The molecule has 3 rings (SSSR count). The zero-order valence-corrected chi connectivity index (χ0v) is 14.8. The fraction of sp³-hybridized carbons (Fsp3) is 0.684. The zero-order chi connectivity index (χ0) is 16.8. The summed E-state index contributed by atoms with van der Waals surface area (Å²) in [4.78, 5) is 21.2. The molecule has 5 nitrogen and oxygen atoms in total. The first kappa shape index (κ1) is 17.2. The Morgan fingerprint density at radius 1 is 1.25 bits per heavy atom. The molecule has 1 aromatic rings. The molecule has 1 aliphatic heterocycles. The Kier molecular flexibility index (Phi) is 6.07. The maximum absolute atomic E-state index is 12.4. The van der Waals surface area contributed by atoms with Crippen LogP contribution in [-0.2, 0) is 4.79 Å². The number of nitrogens with zero attached hydrogens (tertiary/aromatic N) is 3. The van der Waals surface area contributed by atoms with Gasteiger partial charge in [0.1, 0.15) is 5.82 Å². The predicted molar refractivity (Wildman–Crippen MR) is 97.0 cm³/mol. The standard InChI is InChI=1S/C19H30N4O/c1-2-22(19(24)14-20-13-16-6-7-16)15-17-8-11-23(12-9-17)18-5-3-4-10-21-18/h3-5,10,16-17,20H,2,6-9,11-15H2,1H3. The lowest BCUT2D eigenvalue weighted by atomic mass is 9.96. The van der Waals surface area contributed by atoms with Crippen molar-refractivity contribution in [2.45, 2.75) is 32.6 Å². The molecule has 1 aliphatic carbocycles. The number of likely N-dealkylation sites (N-methyl/N-ethyl adjacent to an activating group) is 1. The minimum absolute atomic E-state index is 0.255. The van der Waals surface area contributed by atoms with Crippen molar-refractivity contribution >= 4 is 11.7 Å². The van der Waals surface area contributed by atoms with Crippen LogP contribution >= 0.6 is 0 Å². The molecule has 0 atom stereocenters. The summed E-state index contributed by atoms with van der Waals surface area (Å²) in [5.41, 5.74) is 0. The number of aromatic nitrogens is 1. The average Bonchev–Trinajstić information content (AvgIpc) is 3.45. The van der Waals surface area contributed by atoms with Crippen molar-refractivity contribution in [2.75, 3.05) is 44.2 Å². The lowest BCUT2D eigenvalue weighted by Gasteiger charge is -2.35. The quantitative estimate of drug-likeness (QED) is 0.793. The summed E-state index contributed by atoms with van der Waals surface area (Å²) in [6.07, 6.45) is 6.78. The van der Waals surface area contributed by atoms with Crippen LogP contribution in [0.1, 0.15) is 32.6 Å². The normalized spacial score (nSPS) is 18.6. The van der Waals surface area contributed by atoms with Crippen LogP contribution in [0.25, 0.3) is 0 Å². The molecule has 1 saturated carbocycles. The van der Waals surface area contributed by atoms with Crippen molar-refractivity contribution < 1.29 is 4.79 Å². The fourth-order valence-corrected chi connectivity index (χ4v) is 3.42. The molecule has 1 amide bonds. The van der Waals surface area contributed by atoms with Gasteiger partial charge in [0.25, 0.3) is 0 Å². The van der Waals surface area contributed by atoms with Gasteiger partial charge >= 0.3 is 0 Å². The Balaban J connectivity index is 1.40. The molecule has 0 aromatic carbocycles. The van der Waals surface area contributed by atoms with Crippen LogP contribution in [0.2, 0.25) is 0 Å². The molecule has 5 heteroatoms. The summed E-state index contributed by atoms with van der Waals surface area (Å²) in [6, 6.07) is 6.08. The molecule has 24 heavy (non-hydrogen) atoms. The van der Waals surface area contributed by atoms with Crippen LogP contribution in [0.5, 0.6) is 0 Å². The largest absolute Gasteiger partial charge is 0.357 e. The minimum atomic E-state index is 0.255. The van der Waals surface area contributed by atoms with Gasteiger partial charge in [-0.1, -0.05) is 6.07 Å². The highest BCUT2D eigenvalue weighted by Gasteiger charge is 2.24. The van der Waals surface area contributed by atoms with Crippen LogP contribution in [0.15, 0.2) is 24.4 Å². The maximum atomic E-state index is 12.4. The molecule has 2 fully saturated rings. The highest BCUT2D eigenvalue weighted by Crippen LogP contribution is 2.27. The van der Waals surface area contributed by atoms with Gasteiger partial charge < -0.3 is 15.1 Å². The second kappa shape index (κ2) is 8.47. The summed E-state index contributed by atoms with van der Waals surface area (Å²) in [5, 5.41) is 3.32. The summed E-state index contributed by atoms with van der Waals surface area (Å²) in [7, 11) is 0. The molecule has 1 saturated heterocycles. The van der Waals surface area contributed by atoms with E-state index in [1.54, 1.807) is 0 Å². The summed E-state index contributed by atoms with van der Waals surface area (Å²) in [5.74, 6) is 2.76. The van der Waals surface area contributed by atoms with Gasteiger partial charge in [-0.3, -0.25) is 4.79 Å². The second-order valence-corrected chi connectivity index (χ2v) is 7.13. The lowest BCUT2D eigenvalue weighted by molar-refractivity contribution is -0.130. The van der Waals surface area contributed by atoms with Gasteiger partial charge in [0.15, 0.2) is 0 Å². The first-order valence-corrected chi connectivity index (χ1v) is 9.40. The van der Waals surface area contributed by atoms with Crippen LogP contribution in [0, 0.1) is 11.8 Å². The third-order valence-corrected chi connectivity index (χ3v) is 5.21. The van der Waals surface area contributed by atoms with E-state index < -0.39 is 0 Å². The van der Waals surface area contributed by atoms with Crippen LogP contribution < -0.4 is 10.2 Å². The van der Waals surface area contributed by atoms with Crippen molar-refractivity contribution in [3.05, 3.63) is 24.4 Å². The smallest absolute Gasteiger partial charge is 0.236 e. The van der Waals surface area contributed by atoms with Crippen molar-refractivity contribution in [1.29, 1.82) is 0 Å². The molecule has 0 radical (unpaired) electrons. The van der Waals surface area contributed by atoms with E-state index >= 15 is 0 Å². The van der Waals surface area contributed by atoms with Gasteiger partial charge in [-0.25, -0.2) is 4.98 Å². The molecule has 2 aliphatic rings. The predicted octanol–water partition coefficient (Wildman–Crippen LogP) is 2.15. The van der Waals surface area contributed by atoms with E-state index in [0.717, 1.165) is 57.3 Å². The van der Waals surface area contributed by atoms with E-state index in [-0.39, 0.29) is 5.91 Å². The number of amides is 1. The van der Waals surface area contributed by atoms with Crippen molar-refractivity contribution in [1.82, 2.24) is 15.2 Å². The topological polar surface area (TPSA) is 48.5 Å². The molecule has 1 N–H and O–H groups in total. The Morgan fingerprint density at radius 2 is 2.04 bits per heavy atom. The molecular weight excluding hydrogens is 300 g/mol. The fourth-order valence-electron chi connectivity index (χ4n) is 3.42. The Bertz CT molecular complexity index is 509. The van der Waals surface area contributed by atoms with E-state index in [9.17, 15) is 4.79 Å². The number of nitrogens with one attached hydrogen (secondary N) is 1. The van der Waals surface area contributed by atoms with Crippen LogP contribution in [-0.4, -0.2) is 55.1 Å². The number of hydrogen-bond donors (Lipinski definition) is 1. The summed E-state index contributed by atoms with van der Waals surface area (Å²) in [6.45, 7) is 7.37. The number of piperidine rings is 1. The summed E-state index contributed by atoms with van der Waals surface area (Å²) < 4.78 is 0. The molecular formula is C19H30N4O. The van der Waals surface area contributed by atoms with E-state index in [1.807, 2.05) is 23.2 Å². The molecule has 0 unspecified atom stereocenters. The Morgan fingerprint density at radius 3 is 2.67 bits per heavy atom. The third-order valence-electron chi connectivity index (χ3n) is 5.21. The first-order valence-electron chi connectivity index (χ1n) is 9.40. The number of hydrogen-bond acceptors (Lipinski definition) is 4. The Labute approximate surface area is 145 Å². The van der Waals surface area contributed by atoms with Crippen molar-refractivity contribution in [3.8, 4) is 0 Å². The van der Waals surface area contributed by atoms with Gasteiger partial charge in [-0.2, -0.15) is 0 Å². The van der Waals surface area contributed by atoms with E-state index in [0.29, 0.717) is 12.5 Å². The number of rotatable bonds is 8. The highest BCUT2D eigenvalue weighted by molar-refractivity contribution is 5.78. The van der Waals surface area contributed by atoms with Gasteiger partial charge in [-0.05, 0) is 63.1 Å². The lowest BCUT2D eigenvalue weighted by Crippen LogP contribution is -2.44. The third kappa shape index (κ3) is 4.94. The number of carbonyl (C=O) groups is 1. The van der Waals surface area contributed by atoms with Crippen molar-refractivity contribution in [3.63, 3.8) is 0 Å². The monoisotopic (exact) mass is 330 g/mol. The SMILES string of the molecule is CCN(CC1CCN(c2ccccn2)CC1)C(=O)CNCC1CC1. The molecule has 2 heterocycles. The Hall–Kier alpha value is -1.62. The molecule has 1 aromatic heterocycles. The molecule has 0 bridgehead atoms. The van der Waals surface area contributed by atoms with E-state index in [4.69, 9.17) is 0 Å². The van der Waals surface area contributed by atoms with E-state index in [1.165, 1.54) is 12.8 Å². The van der Waals surface area contributed by atoms with Gasteiger partial charge in [0.05, 0.1) is 6.54 Å². The maximum Gasteiger partial charge on any atom is 0.236 e. The molecule has 0 spiro atoms. The van der Waals surface area contributed by atoms with Crippen molar-refractivity contribution in [2.24, 2.45) is 11.8 Å². The van der Waals surface area contributed by atoms with E-state index in [2.05, 4.69) is 28.2 Å². The van der Waals surface area contributed by atoms with Gasteiger partial charge in [0, 0.05) is 32.4 Å². The molecule has 132 valence electrons. The van der Waals surface area contributed by atoms with Crippen LogP contribution in [0.3, 0.4) is 0 Å².